The Kier molecular flexibility index (Phi) is 7.72. The number of aryl methyl sites for hydroxylation is 1. The molecule has 17 rings (SSSR count). The van der Waals surface area contributed by atoms with Crippen LogP contribution >= 0.6 is 22.7 Å². The average molecular weight is 980 g/mol. The van der Waals surface area contributed by atoms with Gasteiger partial charge in [-0.3, -0.25) is 0 Å². The summed E-state index contributed by atoms with van der Waals surface area (Å²) in [4.78, 5) is 4.86. The zero-order chi connectivity index (χ0) is 50.8. The van der Waals surface area contributed by atoms with Gasteiger partial charge in [-0.25, -0.2) is 0 Å². The molecule has 2 aliphatic rings. The summed E-state index contributed by atoms with van der Waals surface area (Å²) in [6, 6.07) is 83.1. The van der Waals surface area contributed by atoms with Crippen molar-refractivity contribution in [1.82, 2.24) is 9.13 Å². The highest BCUT2D eigenvalue weighted by atomic mass is 32.1. The van der Waals surface area contributed by atoms with E-state index in [1.807, 2.05) is 34.8 Å². The molecule has 0 N–H and O–H groups in total. The normalized spacial score (nSPS) is 13.9. The van der Waals surface area contributed by atoms with Gasteiger partial charge in [-0.2, -0.15) is 0 Å². The van der Waals surface area contributed by atoms with Crippen LogP contribution in [0.15, 0.2) is 231 Å². The SMILES string of the molecule is [2H]C([2H])([2H])c1cc2c3c(c1)N(c1cccc4c1c1ccccc1n4-c1ccccc1)c1cc4c(cc1B3c1cc3sc5ccccc5c3cc1N2c1cccc2c1c1ccccc1n2-c1ccccc1)sc1ccccc14. The summed E-state index contributed by atoms with van der Waals surface area (Å²) < 4.78 is 37.8. The van der Waals surface area contributed by atoms with Gasteiger partial charge in [0.05, 0.1) is 33.4 Å². The van der Waals surface area contributed by atoms with Crippen LogP contribution in [0.4, 0.5) is 34.1 Å². The van der Waals surface area contributed by atoms with E-state index < -0.39 is 6.85 Å². The fourth-order valence-electron chi connectivity index (χ4n) is 13.0. The van der Waals surface area contributed by atoms with Gasteiger partial charge in [-0.05, 0) is 138 Å². The lowest BCUT2D eigenvalue weighted by Crippen LogP contribution is -2.61. The number of aromatic nitrogens is 2. The lowest BCUT2D eigenvalue weighted by atomic mass is 9.33. The first kappa shape index (κ1) is 37.8. The van der Waals surface area contributed by atoms with Gasteiger partial charge in [0.25, 0.3) is 6.71 Å². The fraction of sp³-hybridized carbons (Fsp3) is 0.0149. The van der Waals surface area contributed by atoms with Crippen LogP contribution in [0.3, 0.4) is 0 Å². The van der Waals surface area contributed by atoms with E-state index >= 15 is 0 Å². The van der Waals surface area contributed by atoms with E-state index in [2.05, 4.69) is 237 Å². The van der Waals surface area contributed by atoms with Crippen molar-refractivity contribution in [3.05, 3.63) is 236 Å². The van der Waals surface area contributed by atoms with E-state index in [0.29, 0.717) is 0 Å². The highest BCUT2D eigenvalue weighted by Gasteiger charge is 2.45. The summed E-state index contributed by atoms with van der Waals surface area (Å²) in [6.45, 7) is -2.72. The van der Waals surface area contributed by atoms with Crippen LogP contribution in [0.1, 0.15) is 9.68 Å². The molecule has 4 nitrogen and oxygen atoms in total. The van der Waals surface area contributed by atoms with Crippen LogP contribution < -0.4 is 26.2 Å². The number of anilines is 6. The highest BCUT2D eigenvalue weighted by molar-refractivity contribution is 7.26. The number of hydrogen-bond acceptors (Lipinski definition) is 4. The maximum absolute atomic E-state index is 9.38. The van der Waals surface area contributed by atoms with Crippen molar-refractivity contribution in [2.24, 2.45) is 0 Å². The number of nitrogens with zero attached hydrogens (tertiary/aromatic N) is 4. The van der Waals surface area contributed by atoms with Crippen molar-refractivity contribution in [2.75, 3.05) is 9.80 Å². The second-order valence-electron chi connectivity index (χ2n) is 19.8. The Labute approximate surface area is 438 Å². The van der Waals surface area contributed by atoms with Gasteiger partial charge in [0.2, 0.25) is 0 Å². The average Bonchev–Trinajstić information content (AvgIpc) is 4.37. The lowest BCUT2D eigenvalue weighted by molar-refractivity contribution is 1.18. The third kappa shape index (κ3) is 5.47. The topological polar surface area (TPSA) is 16.3 Å². The lowest BCUT2D eigenvalue weighted by Gasteiger charge is -2.44. The van der Waals surface area contributed by atoms with Crippen LogP contribution in [-0.2, 0) is 0 Å². The molecule has 0 amide bonds. The first-order chi connectivity index (χ1) is 37.9. The number of para-hydroxylation sites is 4. The molecule has 6 heterocycles. The van der Waals surface area contributed by atoms with E-state index in [1.54, 1.807) is 0 Å². The molecule has 0 saturated heterocycles. The smallest absolute Gasteiger partial charge is 0.252 e. The Morgan fingerprint density at radius 3 is 1.23 bits per heavy atom. The molecule has 0 bridgehead atoms. The number of fused-ring (bicyclic) bond motifs is 16. The molecule has 4 aromatic heterocycles. The van der Waals surface area contributed by atoms with E-state index in [0.717, 1.165) is 94.6 Å². The second kappa shape index (κ2) is 15.1. The van der Waals surface area contributed by atoms with Crippen molar-refractivity contribution in [1.29, 1.82) is 0 Å². The van der Waals surface area contributed by atoms with Crippen molar-refractivity contribution in [2.45, 2.75) is 6.85 Å². The van der Waals surface area contributed by atoms with Gasteiger partial charge in [-0.1, -0.05) is 121 Å². The zero-order valence-electron chi connectivity index (χ0n) is 42.6. The van der Waals surface area contributed by atoms with Crippen molar-refractivity contribution in [3.63, 3.8) is 0 Å². The summed E-state index contributed by atoms with van der Waals surface area (Å²) in [6.07, 6.45) is 0. The molecule has 0 atom stereocenters. The quantitative estimate of drug-likeness (QED) is 0.163. The second-order valence-corrected chi connectivity index (χ2v) is 21.9. The molecule has 0 radical (unpaired) electrons. The molecule has 0 fully saturated rings. The number of benzene rings is 11. The summed E-state index contributed by atoms with van der Waals surface area (Å²) in [5, 5.41) is 9.22. The number of thiophene rings is 2. The third-order valence-corrected chi connectivity index (χ3v) is 18.2. The molecule has 0 unspecified atom stereocenters. The fourth-order valence-corrected chi connectivity index (χ4v) is 15.3. The Hall–Kier alpha value is -8.88. The molecular weight excluding hydrogens is 936 g/mol. The van der Waals surface area contributed by atoms with Crippen LogP contribution in [0, 0.1) is 6.85 Å². The van der Waals surface area contributed by atoms with Crippen molar-refractivity contribution < 1.29 is 4.11 Å². The predicted molar refractivity (Wildman–Crippen MR) is 320 cm³/mol. The minimum Gasteiger partial charge on any atom is -0.311 e. The highest BCUT2D eigenvalue weighted by Crippen LogP contribution is 2.52. The van der Waals surface area contributed by atoms with Crippen molar-refractivity contribution >= 4 is 164 Å². The van der Waals surface area contributed by atoms with Crippen LogP contribution in [0.25, 0.3) is 95.3 Å². The third-order valence-electron chi connectivity index (χ3n) is 15.9. The maximum Gasteiger partial charge on any atom is 0.252 e. The van der Waals surface area contributed by atoms with Gasteiger partial charge in [0.1, 0.15) is 0 Å². The number of rotatable bonds is 4. The van der Waals surface area contributed by atoms with Gasteiger partial charge in [0.15, 0.2) is 0 Å². The largest absolute Gasteiger partial charge is 0.311 e. The molecule has 0 saturated carbocycles. The number of hydrogen-bond donors (Lipinski definition) is 0. The first-order valence-electron chi connectivity index (χ1n) is 26.7. The summed E-state index contributed by atoms with van der Waals surface area (Å²) in [5.74, 6) is 0. The molecule has 2 aliphatic heterocycles. The predicted octanol–water partition coefficient (Wildman–Crippen LogP) is 17.0. The monoisotopic (exact) mass is 979 g/mol. The van der Waals surface area contributed by atoms with E-state index in [4.69, 9.17) is 0 Å². The van der Waals surface area contributed by atoms with Crippen LogP contribution in [-0.4, -0.2) is 15.8 Å². The molecular formula is C67H41BN4S2. The first-order valence-corrected chi connectivity index (χ1v) is 26.8. The van der Waals surface area contributed by atoms with E-state index in [-0.39, 0.29) is 12.3 Å². The minimum absolute atomic E-state index is 0.262. The molecule has 0 aliphatic carbocycles. The Bertz CT molecular complexity index is 4710. The standard InChI is InChI=1S/C67H41BN4S2/c1-40-34-59-67-60(35-40)72(56-31-17-29-54-66(56)46-25-9-13-27-52(46)70(54)42-20-6-3-7-21-42)58-37-48-44-23-11-15-33-62(44)74-64(48)39-50(58)68(67)49-38-63-47(43-22-10-14-32-61(43)73-63)36-57(49)71(59)55-30-16-28-53-65(55)45-24-8-12-26-51(45)69(53)41-18-4-2-5-19-41/h2-39H,1H3/i1D3. The summed E-state index contributed by atoms with van der Waals surface area (Å²) in [5.41, 5.74) is 16.0. The Morgan fingerprint density at radius 1 is 0.338 bits per heavy atom. The van der Waals surface area contributed by atoms with Gasteiger partial charge in [-0.15, -0.1) is 22.7 Å². The van der Waals surface area contributed by atoms with Gasteiger partial charge >= 0.3 is 0 Å². The maximum atomic E-state index is 9.38. The van der Waals surface area contributed by atoms with E-state index in [1.165, 1.54) is 51.3 Å². The Morgan fingerprint density at radius 2 is 0.757 bits per heavy atom. The van der Waals surface area contributed by atoms with Crippen molar-refractivity contribution in [3.8, 4) is 11.4 Å². The zero-order valence-corrected chi connectivity index (χ0v) is 41.3. The van der Waals surface area contributed by atoms with Crippen LogP contribution in [0.5, 0.6) is 0 Å². The van der Waals surface area contributed by atoms with Gasteiger partial charge < -0.3 is 18.9 Å². The molecule has 15 aromatic rings. The molecule has 11 aromatic carbocycles. The summed E-state index contributed by atoms with van der Waals surface area (Å²) >= 11 is 3.68. The molecule has 74 heavy (non-hydrogen) atoms. The minimum atomic E-state index is -2.45. The van der Waals surface area contributed by atoms with Crippen LogP contribution in [0.2, 0.25) is 0 Å². The molecule has 344 valence electrons. The molecule has 0 spiro atoms. The van der Waals surface area contributed by atoms with Gasteiger partial charge in [0, 0.05) is 100 Å². The Balaban J connectivity index is 1.05. The van der Waals surface area contributed by atoms with E-state index in [9.17, 15) is 4.11 Å². The summed E-state index contributed by atoms with van der Waals surface area (Å²) in [7, 11) is 0. The molecule has 7 heteroatoms.